The van der Waals surface area contributed by atoms with Crippen LogP contribution in [0.5, 0.6) is 5.75 Å². The molecule has 0 aliphatic heterocycles. The van der Waals surface area contributed by atoms with E-state index in [0.717, 1.165) is 17.1 Å². The smallest absolute Gasteiger partial charge is 0.306 e. The Morgan fingerprint density at radius 3 is 2.32 bits per heavy atom. The van der Waals surface area contributed by atoms with Gasteiger partial charge in [0.05, 0.1) is 19.4 Å². The molecule has 0 bridgehead atoms. The SMILES string of the molecule is COC(=O)C[C@@H](c1ccc(OCc2ccc3c(c2)C(C)(C)CCC3(C)C)cc1)c1nncn1C. The molecule has 4 rings (SSSR count). The maximum Gasteiger partial charge on any atom is 0.306 e. The van der Waals surface area contributed by atoms with Gasteiger partial charge in [-0.05, 0) is 58.1 Å². The van der Waals surface area contributed by atoms with Crippen LogP contribution in [-0.4, -0.2) is 27.8 Å². The molecule has 0 radical (unpaired) electrons. The standard InChI is InChI=1S/C28H35N3O3/c1-27(2)13-14-28(3,4)24-15-19(7-12-23(24)27)17-34-21-10-8-20(9-11-21)22(16-25(32)33-6)26-30-29-18-31(26)5/h7-12,15,18,22H,13-14,16-17H2,1-6H3/t22-/m0/s1. The lowest BCUT2D eigenvalue weighted by Crippen LogP contribution is -2.33. The summed E-state index contributed by atoms with van der Waals surface area (Å²) < 4.78 is 12.9. The van der Waals surface area contributed by atoms with Crippen molar-refractivity contribution in [3.8, 4) is 5.75 Å². The molecule has 0 amide bonds. The molecular weight excluding hydrogens is 426 g/mol. The molecule has 0 saturated carbocycles. The number of aromatic nitrogens is 3. The number of benzene rings is 2. The number of hydrogen-bond acceptors (Lipinski definition) is 5. The molecule has 3 aromatic rings. The van der Waals surface area contributed by atoms with Crippen LogP contribution in [0.1, 0.15) is 81.0 Å². The van der Waals surface area contributed by atoms with Crippen molar-refractivity contribution in [2.24, 2.45) is 7.05 Å². The van der Waals surface area contributed by atoms with Crippen LogP contribution >= 0.6 is 0 Å². The van der Waals surface area contributed by atoms with E-state index < -0.39 is 0 Å². The van der Waals surface area contributed by atoms with Gasteiger partial charge < -0.3 is 14.0 Å². The van der Waals surface area contributed by atoms with Crippen LogP contribution in [-0.2, 0) is 34.0 Å². The highest BCUT2D eigenvalue weighted by atomic mass is 16.5. The maximum absolute atomic E-state index is 12.0. The normalized spacial score (nSPS) is 17.0. The molecule has 180 valence electrons. The van der Waals surface area contributed by atoms with Crippen molar-refractivity contribution in [2.45, 2.75) is 70.3 Å². The van der Waals surface area contributed by atoms with Gasteiger partial charge in [0, 0.05) is 7.05 Å². The quantitative estimate of drug-likeness (QED) is 0.439. The van der Waals surface area contributed by atoms with Gasteiger partial charge in [-0.15, -0.1) is 10.2 Å². The Hall–Kier alpha value is -3.15. The molecule has 1 atom stereocenters. The Morgan fingerprint density at radius 1 is 1.03 bits per heavy atom. The van der Waals surface area contributed by atoms with Crippen LogP contribution in [0.2, 0.25) is 0 Å². The van der Waals surface area contributed by atoms with E-state index >= 15 is 0 Å². The number of carbonyl (C=O) groups excluding carboxylic acids is 1. The molecule has 34 heavy (non-hydrogen) atoms. The molecule has 1 aliphatic carbocycles. The van der Waals surface area contributed by atoms with Crippen molar-refractivity contribution in [3.63, 3.8) is 0 Å². The zero-order valence-corrected chi connectivity index (χ0v) is 21.1. The van der Waals surface area contributed by atoms with E-state index in [0.29, 0.717) is 6.61 Å². The Morgan fingerprint density at radius 2 is 1.71 bits per heavy atom. The third kappa shape index (κ3) is 4.86. The minimum atomic E-state index is -0.285. The van der Waals surface area contributed by atoms with Crippen LogP contribution in [0.15, 0.2) is 48.8 Å². The van der Waals surface area contributed by atoms with Gasteiger partial charge in [0.1, 0.15) is 24.5 Å². The highest BCUT2D eigenvalue weighted by Gasteiger charge is 2.36. The van der Waals surface area contributed by atoms with Gasteiger partial charge in [0.25, 0.3) is 0 Å². The van der Waals surface area contributed by atoms with Crippen molar-refractivity contribution >= 4 is 5.97 Å². The molecule has 1 aliphatic rings. The van der Waals surface area contributed by atoms with Gasteiger partial charge in [-0.25, -0.2) is 0 Å². The number of aryl methyl sites for hydroxylation is 1. The predicted molar refractivity (Wildman–Crippen MR) is 132 cm³/mol. The number of carbonyl (C=O) groups is 1. The van der Waals surface area contributed by atoms with E-state index in [1.54, 1.807) is 6.33 Å². The molecule has 6 nitrogen and oxygen atoms in total. The number of nitrogens with zero attached hydrogens (tertiary/aromatic N) is 3. The molecule has 0 spiro atoms. The third-order valence-electron chi connectivity index (χ3n) is 7.26. The highest BCUT2D eigenvalue weighted by molar-refractivity contribution is 5.71. The van der Waals surface area contributed by atoms with Crippen LogP contribution < -0.4 is 4.74 Å². The van der Waals surface area contributed by atoms with Crippen molar-refractivity contribution in [1.82, 2.24) is 14.8 Å². The van der Waals surface area contributed by atoms with Crippen molar-refractivity contribution in [3.05, 3.63) is 76.9 Å². The van der Waals surface area contributed by atoms with Gasteiger partial charge in [0.2, 0.25) is 0 Å². The number of ether oxygens (including phenoxy) is 2. The number of methoxy groups -OCH3 is 1. The van der Waals surface area contributed by atoms with Crippen molar-refractivity contribution < 1.29 is 14.3 Å². The number of esters is 1. The molecule has 2 aromatic carbocycles. The Kier molecular flexibility index (Phi) is 6.52. The molecule has 1 aromatic heterocycles. The van der Waals surface area contributed by atoms with E-state index in [2.05, 4.69) is 56.1 Å². The van der Waals surface area contributed by atoms with E-state index in [1.807, 2.05) is 35.9 Å². The fourth-order valence-corrected chi connectivity index (χ4v) is 4.90. The first kappa shape index (κ1) is 24.0. The second-order valence-electron chi connectivity index (χ2n) is 10.6. The minimum Gasteiger partial charge on any atom is -0.489 e. The average molecular weight is 462 g/mol. The lowest BCUT2D eigenvalue weighted by molar-refractivity contribution is -0.140. The first-order chi connectivity index (χ1) is 16.1. The second kappa shape index (κ2) is 9.24. The third-order valence-corrected chi connectivity index (χ3v) is 7.26. The fourth-order valence-electron chi connectivity index (χ4n) is 4.90. The number of hydrogen-bond donors (Lipinski definition) is 0. The highest BCUT2D eigenvalue weighted by Crippen LogP contribution is 2.46. The summed E-state index contributed by atoms with van der Waals surface area (Å²) in [5.74, 6) is 0.988. The lowest BCUT2D eigenvalue weighted by atomic mass is 9.63. The molecule has 1 heterocycles. The Labute approximate surface area is 202 Å². The van der Waals surface area contributed by atoms with Gasteiger partial charge in [0.15, 0.2) is 0 Å². The van der Waals surface area contributed by atoms with E-state index in [4.69, 9.17) is 9.47 Å². The summed E-state index contributed by atoms with van der Waals surface area (Å²) in [4.78, 5) is 12.0. The molecular formula is C28H35N3O3. The minimum absolute atomic E-state index is 0.178. The lowest BCUT2D eigenvalue weighted by Gasteiger charge is -2.42. The zero-order chi connectivity index (χ0) is 24.5. The van der Waals surface area contributed by atoms with E-state index in [-0.39, 0.29) is 29.1 Å². The van der Waals surface area contributed by atoms with Crippen molar-refractivity contribution in [2.75, 3.05) is 7.11 Å². The van der Waals surface area contributed by atoms with Gasteiger partial charge in [-0.1, -0.05) is 58.0 Å². The predicted octanol–water partition coefficient (Wildman–Crippen LogP) is 5.44. The van der Waals surface area contributed by atoms with E-state index in [9.17, 15) is 4.79 Å². The Bertz CT molecular complexity index is 1160. The maximum atomic E-state index is 12.0. The summed E-state index contributed by atoms with van der Waals surface area (Å²) in [6.45, 7) is 9.87. The number of fused-ring (bicyclic) bond motifs is 1. The fraction of sp³-hybridized carbons (Fsp3) is 0.464. The summed E-state index contributed by atoms with van der Waals surface area (Å²) in [6, 6.07) is 14.7. The average Bonchev–Trinajstić information content (AvgIpc) is 3.25. The Balaban J connectivity index is 1.50. The summed E-state index contributed by atoms with van der Waals surface area (Å²) >= 11 is 0. The summed E-state index contributed by atoms with van der Waals surface area (Å²) in [5.41, 5.74) is 5.43. The van der Waals surface area contributed by atoms with Crippen LogP contribution in [0, 0.1) is 0 Å². The molecule has 0 saturated heterocycles. The molecule has 0 unspecified atom stereocenters. The van der Waals surface area contributed by atoms with E-state index in [1.165, 1.54) is 36.6 Å². The van der Waals surface area contributed by atoms with Gasteiger partial charge in [-0.3, -0.25) is 4.79 Å². The second-order valence-corrected chi connectivity index (χ2v) is 10.6. The largest absolute Gasteiger partial charge is 0.489 e. The van der Waals surface area contributed by atoms with Crippen LogP contribution in [0.4, 0.5) is 0 Å². The summed E-state index contributed by atoms with van der Waals surface area (Å²) in [7, 11) is 3.27. The first-order valence-corrected chi connectivity index (χ1v) is 11.9. The van der Waals surface area contributed by atoms with Gasteiger partial charge in [-0.2, -0.15) is 0 Å². The van der Waals surface area contributed by atoms with Crippen LogP contribution in [0.25, 0.3) is 0 Å². The van der Waals surface area contributed by atoms with Gasteiger partial charge >= 0.3 is 5.97 Å². The summed E-state index contributed by atoms with van der Waals surface area (Å²) in [6.07, 6.45) is 4.24. The molecule has 6 heteroatoms. The molecule has 0 N–H and O–H groups in total. The topological polar surface area (TPSA) is 66.2 Å². The first-order valence-electron chi connectivity index (χ1n) is 11.9. The zero-order valence-electron chi connectivity index (χ0n) is 21.1. The van der Waals surface area contributed by atoms with Crippen LogP contribution in [0.3, 0.4) is 0 Å². The molecule has 0 fully saturated rings. The summed E-state index contributed by atoms with van der Waals surface area (Å²) in [5, 5.41) is 8.18. The monoisotopic (exact) mass is 461 g/mol. The van der Waals surface area contributed by atoms with Crippen molar-refractivity contribution in [1.29, 1.82) is 0 Å². The number of rotatable bonds is 7.